The van der Waals surface area contributed by atoms with Gasteiger partial charge in [0.05, 0.1) is 32.1 Å². The van der Waals surface area contributed by atoms with Gasteiger partial charge in [0.1, 0.15) is 6.04 Å². The van der Waals surface area contributed by atoms with Crippen LogP contribution in [0.2, 0.25) is 0 Å². The lowest BCUT2D eigenvalue weighted by Gasteiger charge is -2.32. The minimum absolute atomic E-state index is 0.0128. The van der Waals surface area contributed by atoms with Crippen molar-refractivity contribution in [1.29, 1.82) is 0 Å². The molecule has 2 atom stereocenters. The molecule has 1 aromatic rings. The van der Waals surface area contributed by atoms with Gasteiger partial charge in [-0.3, -0.25) is 48.4 Å². The Morgan fingerprint density at radius 3 is 1.60 bits per heavy atom. The number of carbonyl (C=O) groups is 6. The number of aliphatic carboxylic acids is 3. The lowest BCUT2D eigenvalue weighted by Crippen LogP contribution is -2.52. The smallest absolute Gasteiger partial charge is 0.475 e. The predicted octanol–water partition coefficient (Wildman–Crippen LogP) is -2.13. The van der Waals surface area contributed by atoms with E-state index in [1.165, 1.54) is 17.9 Å². The highest BCUT2D eigenvalue weighted by Gasteiger charge is 2.38. The molecule has 274 valence electrons. The maximum absolute atomic E-state index is 13.0. The van der Waals surface area contributed by atoms with Gasteiger partial charge in [-0.1, -0.05) is 18.2 Å². The fourth-order valence-corrected chi connectivity index (χ4v) is 5.96. The number of carbonyl (C=O) groups excluding carboxylic acids is 3. The average Bonchev–Trinajstić information content (AvgIpc) is 3.55. The number of likely N-dealkylation sites (tertiary alicyclic amines) is 1. The number of amides is 2. The van der Waals surface area contributed by atoms with Gasteiger partial charge in [-0.15, -0.1) is 0 Å². The van der Waals surface area contributed by atoms with Crippen molar-refractivity contribution in [1.82, 2.24) is 29.8 Å². The molecule has 1 aromatic carbocycles. The third-order valence-electron chi connectivity index (χ3n) is 8.66. The van der Waals surface area contributed by atoms with Crippen molar-refractivity contribution in [2.45, 2.75) is 31.7 Å². The molecule has 0 spiro atoms. The molecule has 0 bridgehead atoms. The normalized spacial score (nSPS) is 19.7. The monoisotopic (exact) mass is 702 g/mol. The summed E-state index contributed by atoms with van der Waals surface area (Å²) in [6.45, 7) is 3.42. The first kappa shape index (κ1) is 40.2. The highest BCUT2D eigenvalue weighted by atomic mass is 16.4. The van der Waals surface area contributed by atoms with E-state index in [1.54, 1.807) is 45.0 Å². The predicted molar refractivity (Wildman–Crippen MR) is 181 cm³/mol. The van der Waals surface area contributed by atoms with Gasteiger partial charge >= 0.3 is 25.0 Å². The Bertz CT molecular complexity index is 1350. The summed E-state index contributed by atoms with van der Waals surface area (Å²) in [7, 11) is -1.66. The number of carboxylic acid groups (broad SMARTS) is 3. The van der Waals surface area contributed by atoms with Crippen LogP contribution < -0.4 is 5.32 Å². The molecule has 18 heteroatoms. The zero-order valence-electron chi connectivity index (χ0n) is 28.2. The van der Waals surface area contributed by atoms with Crippen LogP contribution in [0.4, 0.5) is 0 Å². The molecule has 2 aliphatic rings. The van der Waals surface area contributed by atoms with Crippen LogP contribution in [0, 0.1) is 0 Å². The van der Waals surface area contributed by atoms with E-state index >= 15 is 0 Å². The van der Waals surface area contributed by atoms with Crippen molar-refractivity contribution in [3.8, 4) is 0 Å². The van der Waals surface area contributed by atoms with E-state index in [2.05, 4.69) is 5.32 Å². The number of hydrogen-bond donors (Lipinski definition) is 6. The van der Waals surface area contributed by atoms with Crippen molar-refractivity contribution >= 4 is 48.7 Å². The second-order valence-electron chi connectivity index (χ2n) is 12.6. The van der Waals surface area contributed by atoms with E-state index in [1.807, 2.05) is 4.90 Å². The number of ketones is 1. The zero-order chi connectivity index (χ0) is 36.8. The maximum Gasteiger partial charge on any atom is 0.475 e. The number of hydrogen-bond acceptors (Lipinski definition) is 12. The van der Waals surface area contributed by atoms with Gasteiger partial charge in [0.2, 0.25) is 5.91 Å². The summed E-state index contributed by atoms with van der Waals surface area (Å²) in [4.78, 5) is 81.2. The topological polar surface area (TPSA) is 232 Å². The Hall–Kier alpha value is -4.20. The number of rotatable bonds is 14. The molecular weight excluding hydrogens is 655 g/mol. The molecule has 6 N–H and O–H groups in total. The Morgan fingerprint density at radius 2 is 1.18 bits per heavy atom. The summed E-state index contributed by atoms with van der Waals surface area (Å²) in [5, 5.41) is 49.8. The first-order valence-corrected chi connectivity index (χ1v) is 16.5. The van der Waals surface area contributed by atoms with Crippen molar-refractivity contribution in [2.24, 2.45) is 0 Å². The molecule has 50 heavy (non-hydrogen) atoms. The molecule has 2 fully saturated rings. The number of nitrogens with zero attached hydrogens (tertiary/aromatic N) is 5. The van der Waals surface area contributed by atoms with Crippen LogP contribution in [0.3, 0.4) is 0 Å². The van der Waals surface area contributed by atoms with E-state index in [-0.39, 0.29) is 63.7 Å². The SMILES string of the molecule is C[C@@H](NC(=O)c1ccc(/C=C/C(=O)CN2CCN(CC(=O)O)CCN(CC(=O)O)CCN(CC(=O)O)CC2)cc1)C(=O)N1CCC[C@H]1B(O)O. The van der Waals surface area contributed by atoms with Crippen LogP contribution in [0.5, 0.6) is 0 Å². The second-order valence-corrected chi connectivity index (χ2v) is 12.6. The third kappa shape index (κ3) is 13.6. The number of carboxylic acids is 3. The van der Waals surface area contributed by atoms with Crippen LogP contribution in [-0.4, -0.2) is 190 Å². The van der Waals surface area contributed by atoms with Crippen molar-refractivity contribution in [3.63, 3.8) is 0 Å². The maximum atomic E-state index is 13.0. The Balaban J connectivity index is 1.61. The molecule has 2 saturated heterocycles. The van der Waals surface area contributed by atoms with Gasteiger partial charge in [0.15, 0.2) is 5.78 Å². The molecule has 3 rings (SSSR count). The second kappa shape index (κ2) is 19.9. The van der Waals surface area contributed by atoms with Crippen molar-refractivity contribution in [3.05, 3.63) is 41.5 Å². The quantitative estimate of drug-likeness (QED) is 0.0898. The van der Waals surface area contributed by atoms with Crippen LogP contribution in [0.15, 0.2) is 30.3 Å². The Morgan fingerprint density at radius 1 is 0.740 bits per heavy atom. The molecule has 0 aromatic heterocycles. The van der Waals surface area contributed by atoms with Crippen LogP contribution in [-0.2, 0) is 24.0 Å². The molecule has 0 aliphatic carbocycles. The molecule has 2 heterocycles. The van der Waals surface area contributed by atoms with E-state index in [0.29, 0.717) is 51.1 Å². The summed E-state index contributed by atoms with van der Waals surface area (Å²) in [5.41, 5.74) is 0.922. The standard InChI is InChI=1S/C32H47BN6O11/c1-23(32(48)39-10-2-3-27(39)33(49)50)34-31(47)25-7-4-24(5-8-25)6-9-26(40)19-35-11-13-36(20-28(41)42)15-17-38(22-30(45)46)18-16-37(14-12-35)21-29(43)44/h4-9,23,27,49-50H,2-3,10-22H2,1H3,(H,34,47)(H,41,42)(H,43,44)(H,45,46)/b9-6+/t23-,27+/m1/s1. The first-order chi connectivity index (χ1) is 23.7. The largest absolute Gasteiger partial charge is 0.480 e. The van der Waals surface area contributed by atoms with Gasteiger partial charge < -0.3 is 35.6 Å². The first-order valence-electron chi connectivity index (χ1n) is 16.5. The van der Waals surface area contributed by atoms with Crippen molar-refractivity contribution < 1.29 is 54.1 Å². The lowest BCUT2D eigenvalue weighted by molar-refractivity contribution is -0.140. The van der Waals surface area contributed by atoms with Crippen LogP contribution >= 0.6 is 0 Å². The number of benzene rings is 1. The van der Waals surface area contributed by atoms with Gasteiger partial charge in [-0.25, -0.2) is 0 Å². The highest BCUT2D eigenvalue weighted by molar-refractivity contribution is 6.43. The Labute approximate surface area is 290 Å². The fourth-order valence-electron chi connectivity index (χ4n) is 5.96. The highest BCUT2D eigenvalue weighted by Crippen LogP contribution is 2.19. The van der Waals surface area contributed by atoms with Crippen LogP contribution in [0.1, 0.15) is 35.7 Å². The average molecular weight is 703 g/mol. The Kier molecular flexibility index (Phi) is 16.0. The molecule has 2 aliphatic heterocycles. The number of nitrogens with one attached hydrogen (secondary N) is 1. The van der Waals surface area contributed by atoms with Crippen LogP contribution in [0.25, 0.3) is 6.08 Å². The molecule has 2 amide bonds. The van der Waals surface area contributed by atoms with Gasteiger partial charge in [0.25, 0.3) is 5.91 Å². The minimum Gasteiger partial charge on any atom is -0.480 e. The molecule has 0 unspecified atom stereocenters. The van der Waals surface area contributed by atoms with E-state index in [4.69, 9.17) is 0 Å². The molecule has 0 saturated carbocycles. The summed E-state index contributed by atoms with van der Waals surface area (Å²) in [6, 6.07) is 5.50. The summed E-state index contributed by atoms with van der Waals surface area (Å²) >= 11 is 0. The van der Waals surface area contributed by atoms with E-state index in [9.17, 15) is 54.1 Å². The van der Waals surface area contributed by atoms with Gasteiger partial charge in [0, 0.05) is 64.5 Å². The third-order valence-corrected chi connectivity index (χ3v) is 8.66. The summed E-state index contributed by atoms with van der Waals surface area (Å²) < 4.78 is 0. The van der Waals surface area contributed by atoms with E-state index < -0.39 is 48.8 Å². The fraction of sp³-hybridized carbons (Fsp3) is 0.562. The minimum atomic E-state index is -1.66. The van der Waals surface area contributed by atoms with Gasteiger partial charge in [-0.2, -0.15) is 0 Å². The van der Waals surface area contributed by atoms with Gasteiger partial charge in [-0.05, 0) is 43.5 Å². The lowest BCUT2D eigenvalue weighted by atomic mass is 9.78. The summed E-state index contributed by atoms with van der Waals surface area (Å²) in [5.74, 6) is -4.97. The molecule has 0 radical (unpaired) electrons. The summed E-state index contributed by atoms with van der Waals surface area (Å²) in [6.07, 6.45) is 4.08. The molecular formula is C32H47BN6O11. The van der Waals surface area contributed by atoms with Crippen molar-refractivity contribution in [2.75, 3.05) is 85.1 Å². The molecule has 17 nitrogen and oxygen atoms in total. The van der Waals surface area contributed by atoms with E-state index in [0.717, 1.165) is 0 Å². The zero-order valence-corrected chi connectivity index (χ0v) is 28.2.